The summed E-state index contributed by atoms with van der Waals surface area (Å²) in [5, 5.41) is 9.03. The second-order valence-corrected chi connectivity index (χ2v) is 6.62. The molecule has 2 N–H and O–H groups in total. The first-order valence-electron chi connectivity index (χ1n) is 7.46. The average Bonchev–Trinajstić information content (AvgIpc) is 3.11. The van der Waals surface area contributed by atoms with Crippen LogP contribution in [0.3, 0.4) is 0 Å². The predicted molar refractivity (Wildman–Crippen MR) is 80.9 cm³/mol. The van der Waals surface area contributed by atoms with Crippen molar-refractivity contribution in [1.82, 2.24) is 15.2 Å². The van der Waals surface area contributed by atoms with E-state index in [2.05, 4.69) is 20.5 Å². The van der Waals surface area contributed by atoms with E-state index in [1.807, 2.05) is 5.38 Å². The highest BCUT2D eigenvalue weighted by Gasteiger charge is 2.29. The Hall–Kier alpha value is -0.980. The lowest BCUT2D eigenvalue weighted by Crippen LogP contribution is -2.45. The third-order valence-corrected chi connectivity index (χ3v) is 4.94. The molecule has 2 atom stereocenters. The van der Waals surface area contributed by atoms with E-state index in [1.54, 1.807) is 6.20 Å². The molecule has 0 bridgehead atoms. The predicted octanol–water partition coefficient (Wildman–Crippen LogP) is 1.55. The Morgan fingerprint density at radius 2 is 2.45 bits per heavy atom. The first-order chi connectivity index (χ1) is 9.81. The van der Waals surface area contributed by atoms with Crippen molar-refractivity contribution < 1.29 is 4.79 Å². The Labute approximate surface area is 123 Å². The molecule has 1 amide bonds. The third kappa shape index (κ3) is 3.56. The number of carbonyl (C=O) groups excluding carboxylic acids is 1. The smallest absolute Gasteiger partial charge is 0.240 e. The Balaban J connectivity index is 1.48. The molecule has 0 aliphatic carbocycles. The Morgan fingerprint density at radius 1 is 1.50 bits per heavy atom. The molecular weight excluding hydrogens is 272 g/mol. The van der Waals surface area contributed by atoms with Gasteiger partial charge in [0.15, 0.2) is 5.13 Å². The lowest BCUT2D eigenvalue weighted by molar-refractivity contribution is -0.117. The SMILES string of the molecule is O=C(CN1CCCC(C2CCCN2)C1)Nc1nccs1. The van der Waals surface area contributed by atoms with E-state index in [1.165, 1.54) is 37.0 Å². The van der Waals surface area contributed by atoms with Crippen molar-refractivity contribution in [1.29, 1.82) is 0 Å². The fraction of sp³-hybridized carbons (Fsp3) is 0.714. The Bertz CT molecular complexity index is 430. The molecule has 2 fully saturated rings. The van der Waals surface area contributed by atoms with Crippen LogP contribution in [0.2, 0.25) is 0 Å². The molecule has 110 valence electrons. The molecule has 20 heavy (non-hydrogen) atoms. The number of thiazole rings is 1. The van der Waals surface area contributed by atoms with Gasteiger partial charge < -0.3 is 10.6 Å². The summed E-state index contributed by atoms with van der Waals surface area (Å²) in [5.74, 6) is 0.763. The summed E-state index contributed by atoms with van der Waals surface area (Å²) >= 11 is 1.46. The molecule has 2 saturated heterocycles. The highest BCUT2D eigenvalue weighted by molar-refractivity contribution is 7.13. The quantitative estimate of drug-likeness (QED) is 0.884. The van der Waals surface area contributed by atoms with Crippen molar-refractivity contribution in [2.24, 2.45) is 5.92 Å². The number of anilines is 1. The van der Waals surface area contributed by atoms with Crippen LogP contribution >= 0.6 is 11.3 Å². The molecule has 0 radical (unpaired) electrons. The number of hydrogen-bond donors (Lipinski definition) is 2. The van der Waals surface area contributed by atoms with Gasteiger partial charge in [-0.25, -0.2) is 4.98 Å². The molecule has 2 unspecified atom stereocenters. The van der Waals surface area contributed by atoms with Crippen LogP contribution in [0.5, 0.6) is 0 Å². The van der Waals surface area contributed by atoms with Gasteiger partial charge in [0.25, 0.3) is 0 Å². The first kappa shape index (κ1) is 14.0. The number of aromatic nitrogens is 1. The molecular formula is C14H22N4OS. The molecule has 0 spiro atoms. The van der Waals surface area contributed by atoms with Gasteiger partial charge in [-0.3, -0.25) is 9.69 Å². The van der Waals surface area contributed by atoms with E-state index in [0.717, 1.165) is 19.6 Å². The molecule has 5 nitrogen and oxygen atoms in total. The van der Waals surface area contributed by atoms with Crippen LogP contribution in [-0.2, 0) is 4.79 Å². The van der Waals surface area contributed by atoms with Gasteiger partial charge in [-0.15, -0.1) is 11.3 Å². The van der Waals surface area contributed by atoms with Gasteiger partial charge in [0, 0.05) is 24.2 Å². The van der Waals surface area contributed by atoms with Crippen molar-refractivity contribution in [2.45, 2.75) is 31.7 Å². The highest BCUT2D eigenvalue weighted by Crippen LogP contribution is 2.24. The standard InChI is InChI=1S/C14H22N4OS/c19-13(17-14-16-6-8-20-14)10-18-7-2-3-11(9-18)12-4-1-5-15-12/h6,8,11-12,15H,1-5,7,9-10H2,(H,16,17,19). The first-order valence-corrected chi connectivity index (χ1v) is 8.34. The van der Waals surface area contributed by atoms with Crippen LogP contribution in [0.1, 0.15) is 25.7 Å². The minimum absolute atomic E-state index is 0.0555. The number of likely N-dealkylation sites (tertiary alicyclic amines) is 1. The van der Waals surface area contributed by atoms with Gasteiger partial charge >= 0.3 is 0 Å². The van der Waals surface area contributed by atoms with Crippen molar-refractivity contribution in [2.75, 3.05) is 31.5 Å². The molecule has 0 saturated carbocycles. The Morgan fingerprint density at radius 3 is 3.20 bits per heavy atom. The lowest BCUT2D eigenvalue weighted by atomic mass is 9.90. The van der Waals surface area contributed by atoms with Crippen LogP contribution in [0, 0.1) is 5.92 Å². The highest BCUT2D eigenvalue weighted by atomic mass is 32.1. The van der Waals surface area contributed by atoms with E-state index in [9.17, 15) is 4.79 Å². The molecule has 1 aromatic rings. The molecule has 2 aliphatic rings. The summed E-state index contributed by atoms with van der Waals surface area (Å²) < 4.78 is 0. The zero-order valence-corrected chi connectivity index (χ0v) is 12.5. The number of nitrogens with one attached hydrogen (secondary N) is 2. The fourth-order valence-corrected chi connectivity index (χ4v) is 3.87. The maximum atomic E-state index is 12.0. The van der Waals surface area contributed by atoms with Crippen molar-refractivity contribution >= 4 is 22.4 Å². The van der Waals surface area contributed by atoms with Gasteiger partial charge in [0.1, 0.15) is 0 Å². The van der Waals surface area contributed by atoms with Crippen molar-refractivity contribution in [3.8, 4) is 0 Å². The van der Waals surface area contributed by atoms with Crippen molar-refractivity contribution in [3.63, 3.8) is 0 Å². The summed E-state index contributed by atoms with van der Waals surface area (Å²) in [7, 11) is 0. The minimum Gasteiger partial charge on any atom is -0.314 e. The van der Waals surface area contributed by atoms with Gasteiger partial charge in [0.05, 0.1) is 6.54 Å². The number of carbonyl (C=O) groups is 1. The van der Waals surface area contributed by atoms with E-state index in [0.29, 0.717) is 23.6 Å². The third-order valence-electron chi connectivity index (χ3n) is 4.26. The summed E-state index contributed by atoms with van der Waals surface area (Å²) in [6, 6.07) is 0.667. The lowest BCUT2D eigenvalue weighted by Gasteiger charge is -2.35. The number of nitrogens with zero attached hydrogens (tertiary/aromatic N) is 2. The zero-order valence-electron chi connectivity index (χ0n) is 11.7. The largest absolute Gasteiger partial charge is 0.314 e. The maximum absolute atomic E-state index is 12.0. The van der Waals surface area contributed by atoms with Gasteiger partial charge in [0.2, 0.25) is 5.91 Å². The van der Waals surface area contributed by atoms with Crippen LogP contribution in [0.4, 0.5) is 5.13 Å². The second kappa shape index (κ2) is 6.65. The summed E-state index contributed by atoms with van der Waals surface area (Å²) in [4.78, 5) is 18.4. The van der Waals surface area contributed by atoms with Gasteiger partial charge in [-0.2, -0.15) is 0 Å². The van der Waals surface area contributed by atoms with E-state index in [-0.39, 0.29) is 5.91 Å². The molecule has 1 aromatic heterocycles. The van der Waals surface area contributed by atoms with Crippen LogP contribution in [-0.4, -0.2) is 48.0 Å². The molecule has 2 aliphatic heterocycles. The summed E-state index contributed by atoms with van der Waals surface area (Å²) in [6.07, 6.45) is 6.80. The maximum Gasteiger partial charge on any atom is 0.240 e. The van der Waals surface area contributed by atoms with Gasteiger partial charge in [-0.05, 0) is 44.7 Å². The van der Waals surface area contributed by atoms with Crippen LogP contribution in [0.15, 0.2) is 11.6 Å². The molecule has 0 aromatic carbocycles. The second-order valence-electron chi connectivity index (χ2n) is 5.73. The van der Waals surface area contributed by atoms with E-state index in [4.69, 9.17) is 0 Å². The number of piperidine rings is 1. The van der Waals surface area contributed by atoms with Crippen LogP contribution < -0.4 is 10.6 Å². The fourth-order valence-electron chi connectivity index (χ4n) is 3.32. The summed E-state index contributed by atoms with van der Waals surface area (Å²) in [5.41, 5.74) is 0. The summed E-state index contributed by atoms with van der Waals surface area (Å²) in [6.45, 7) is 3.73. The normalized spacial score (nSPS) is 27.6. The van der Waals surface area contributed by atoms with Gasteiger partial charge in [-0.1, -0.05) is 0 Å². The van der Waals surface area contributed by atoms with E-state index >= 15 is 0 Å². The minimum atomic E-state index is 0.0555. The number of hydrogen-bond acceptors (Lipinski definition) is 5. The molecule has 3 rings (SSSR count). The van der Waals surface area contributed by atoms with Crippen molar-refractivity contribution in [3.05, 3.63) is 11.6 Å². The molecule has 6 heteroatoms. The monoisotopic (exact) mass is 294 g/mol. The van der Waals surface area contributed by atoms with E-state index < -0.39 is 0 Å². The number of rotatable bonds is 4. The molecule has 3 heterocycles. The Kier molecular flexibility index (Phi) is 4.65. The topological polar surface area (TPSA) is 57.3 Å². The zero-order chi connectivity index (χ0) is 13.8. The average molecular weight is 294 g/mol. The number of amides is 1. The van der Waals surface area contributed by atoms with Crippen LogP contribution in [0.25, 0.3) is 0 Å².